The molecule has 1 aromatic carbocycles. The second-order valence-electron chi connectivity index (χ2n) is 7.71. The van der Waals surface area contributed by atoms with E-state index in [2.05, 4.69) is 15.0 Å². The molecule has 0 bridgehead atoms. The van der Waals surface area contributed by atoms with Crippen molar-refractivity contribution in [1.29, 1.82) is 0 Å². The molecule has 1 aliphatic heterocycles. The summed E-state index contributed by atoms with van der Waals surface area (Å²) in [5.74, 6) is -1.34. The van der Waals surface area contributed by atoms with Gasteiger partial charge in [0.1, 0.15) is 11.5 Å². The first-order valence-electron chi connectivity index (χ1n) is 10.1. The van der Waals surface area contributed by atoms with E-state index in [1.165, 1.54) is 28.9 Å². The van der Waals surface area contributed by atoms with Crippen LogP contribution in [0.2, 0.25) is 0 Å². The zero-order valence-corrected chi connectivity index (χ0v) is 17.0. The van der Waals surface area contributed by atoms with Gasteiger partial charge in [-0.1, -0.05) is 0 Å². The molecule has 5 rings (SSSR count). The number of carbonyl (C=O) groups is 2. The molecule has 162 valence electrons. The van der Waals surface area contributed by atoms with Gasteiger partial charge in [-0.2, -0.15) is 5.10 Å². The van der Waals surface area contributed by atoms with Gasteiger partial charge >= 0.3 is 0 Å². The molecule has 4 aromatic rings. The number of primary amides is 2. The average molecular weight is 433 g/mol. The lowest BCUT2D eigenvalue weighted by molar-refractivity contribution is 0.0986. The highest BCUT2D eigenvalue weighted by molar-refractivity contribution is 6.00. The van der Waals surface area contributed by atoms with Crippen LogP contribution in [-0.4, -0.2) is 44.1 Å². The van der Waals surface area contributed by atoms with Gasteiger partial charge in [0.15, 0.2) is 11.5 Å². The Morgan fingerprint density at radius 1 is 1.06 bits per heavy atom. The minimum atomic E-state index is -0.756. The van der Waals surface area contributed by atoms with Crippen LogP contribution in [0.5, 0.6) is 0 Å². The monoisotopic (exact) mass is 433 g/mol. The molecule has 1 fully saturated rings. The largest absolute Gasteiger partial charge is 0.364 e. The Balaban J connectivity index is 1.58. The number of benzene rings is 1. The van der Waals surface area contributed by atoms with Gasteiger partial charge in [0.25, 0.3) is 11.8 Å². The van der Waals surface area contributed by atoms with E-state index in [4.69, 9.17) is 11.5 Å². The average Bonchev–Trinajstić information content (AvgIpc) is 3.50. The lowest BCUT2D eigenvalue weighted by Crippen LogP contribution is -2.24. The lowest BCUT2D eigenvalue weighted by atomic mass is 9.95. The number of halogens is 1. The highest BCUT2D eigenvalue weighted by Crippen LogP contribution is 2.36. The van der Waals surface area contributed by atoms with E-state index < -0.39 is 17.6 Å². The lowest BCUT2D eigenvalue weighted by Gasteiger charge is -2.19. The van der Waals surface area contributed by atoms with Crippen molar-refractivity contribution < 1.29 is 14.0 Å². The number of hydrogen-bond donors (Lipinski definition) is 2. The van der Waals surface area contributed by atoms with Crippen molar-refractivity contribution in [3.8, 4) is 5.69 Å². The molecule has 1 atom stereocenters. The number of rotatable bonds is 5. The van der Waals surface area contributed by atoms with Gasteiger partial charge < -0.3 is 20.8 Å². The second kappa shape index (κ2) is 7.49. The van der Waals surface area contributed by atoms with E-state index in [1.807, 2.05) is 28.9 Å². The van der Waals surface area contributed by atoms with Crippen LogP contribution >= 0.6 is 0 Å². The Hall–Kier alpha value is -4.21. The van der Waals surface area contributed by atoms with E-state index in [1.54, 1.807) is 6.20 Å². The van der Waals surface area contributed by atoms with Gasteiger partial charge in [0.05, 0.1) is 11.2 Å². The van der Waals surface area contributed by atoms with E-state index in [0.717, 1.165) is 11.3 Å². The third kappa shape index (κ3) is 3.16. The van der Waals surface area contributed by atoms with E-state index in [-0.39, 0.29) is 17.3 Å². The number of hydrogen-bond acceptors (Lipinski definition) is 5. The van der Waals surface area contributed by atoms with Crippen LogP contribution in [0, 0.1) is 5.82 Å². The number of anilines is 1. The third-order valence-electron chi connectivity index (χ3n) is 5.79. The second-order valence-corrected chi connectivity index (χ2v) is 7.71. The maximum Gasteiger partial charge on any atom is 0.269 e. The van der Waals surface area contributed by atoms with Crippen LogP contribution in [-0.2, 0) is 0 Å². The Kier molecular flexibility index (Phi) is 4.62. The van der Waals surface area contributed by atoms with Crippen molar-refractivity contribution >= 4 is 23.1 Å². The summed E-state index contributed by atoms with van der Waals surface area (Å²) in [6.45, 7) is 1.17. The molecule has 1 unspecified atom stereocenters. The van der Waals surface area contributed by atoms with Crippen molar-refractivity contribution in [2.24, 2.45) is 11.5 Å². The summed E-state index contributed by atoms with van der Waals surface area (Å²) in [5, 5.41) is 4.30. The van der Waals surface area contributed by atoms with Crippen molar-refractivity contribution in [2.45, 2.75) is 12.3 Å². The van der Waals surface area contributed by atoms with Crippen LogP contribution in [0.15, 0.2) is 55.0 Å². The van der Waals surface area contributed by atoms with Gasteiger partial charge in [-0.25, -0.2) is 14.1 Å². The summed E-state index contributed by atoms with van der Waals surface area (Å²) >= 11 is 0. The molecule has 3 aromatic heterocycles. The van der Waals surface area contributed by atoms with Crippen molar-refractivity contribution in [3.63, 3.8) is 0 Å². The molecule has 1 aliphatic rings. The summed E-state index contributed by atoms with van der Waals surface area (Å²) in [7, 11) is 0. The predicted octanol–water partition coefficient (Wildman–Crippen LogP) is 1.85. The Morgan fingerprint density at radius 3 is 2.56 bits per heavy atom. The van der Waals surface area contributed by atoms with Gasteiger partial charge in [0.2, 0.25) is 0 Å². The zero-order valence-electron chi connectivity index (χ0n) is 17.0. The van der Waals surface area contributed by atoms with Crippen LogP contribution in [0.4, 0.5) is 10.2 Å². The van der Waals surface area contributed by atoms with Crippen LogP contribution < -0.4 is 16.4 Å². The molecule has 0 radical (unpaired) electrons. The fourth-order valence-corrected chi connectivity index (χ4v) is 4.39. The Bertz CT molecular complexity index is 1340. The third-order valence-corrected chi connectivity index (χ3v) is 5.79. The van der Waals surface area contributed by atoms with Crippen LogP contribution in [0.3, 0.4) is 0 Å². The van der Waals surface area contributed by atoms with E-state index in [9.17, 15) is 14.0 Å². The molecule has 9 nitrogen and oxygen atoms in total. The summed E-state index contributed by atoms with van der Waals surface area (Å²) in [4.78, 5) is 31.4. The van der Waals surface area contributed by atoms with Gasteiger partial charge in [-0.05, 0) is 42.8 Å². The summed E-state index contributed by atoms with van der Waals surface area (Å²) in [6, 6.07) is 9.32. The van der Waals surface area contributed by atoms with E-state index in [0.29, 0.717) is 30.8 Å². The molecule has 0 saturated carbocycles. The smallest absolute Gasteiger partial charge is 0.269 e. The molecule has 2 amide bonds. The first kappa shape index (κ1) is 19.7. The van der Waals surface area contributed by atoms with Gasteiger partial charge in [-0.15, -0.1) is 0 Å². The fraction of sp³-hybridized carbons (Fsp3) is 0.182. The molecule has 4 heterocycles. The number of fused-ring (bicyclic) bond motifs is 1. The highest BCUT2D eigenvalue weighted by Gasteiger charge is 2.35. The normalized spacial score (nSPS) is 16.0. The molecule has 10 heteroatoms. The first-order chi connectivity index (χ1) is 15.4. The number of aromatic nitrogens is 4. The SMILES string of the molecule is NC(=O)c1nn(-c2ccc(F)cc2)c(C(N)=O)c1C1CCN(c2nccn3cccc23)C1. The first-order valence-corrected chi connectivity index (χ1v) is 10.1. The predicted molar refractivity (Wildman–Crippen MR) is 115 cm³/mol. The minimum absolute atomic E-state index is 0.0103. The standard InChI is InChI=1S/C22H20FN7O2/c23-14-3-5-15(6-4-14)30-19(21(25)32)17(18(27-30)20(24)31)13-7-10-29(12-13)22-16-2-1-9-28(16)11-8-26-22/h1-6,8-9,11,13H,7,10,12H2,(H2,24,31)(H2,25,32). The topological polar surface area (TPSA) is 125 Å². The number of nitrogens with zero attached hydrogens (tertiary/aromatic N) is 5. The number of amides is 2. The molecular formula is C22H20FN7O2. The van der Waals surface area contributed by atoms with Crippen molar-refractivity contribution in [1.82, 2.24) is 19.2 Å². The maximum atomic E-state index is 13.4. The zero-order chi connectivity index (χ0) is 22.4. The van der Waals surface area contributed by atoms with Gasteiger partial charge in [-0.3, -0.25) is 9.59 Å². The van der Waals surface area contributed by atoms with Crippen molar-refractivity contribution in [3.05, 3.63) is 77.8 Å². The van der Waals surface area contributed by atoms with Crippen LogP contribution in [0.1, 0.15) is 38.9 Å². The molecule has 32 heavy (non-hydrogen) atoms. The Labute approximate surface area is 182 Å². The summed E-state index contributed by atoms with van der Waals surface area (Å²) in [5.41, 5.74) is 13.2. The molecular weight excluding hydrogens is 413 g/mol. The van der Waals surface area contributed by atoms with E-state index >= 15 is 0 Å². The maximum absolute atomic E-state index is 13.4. The Morgan fingerprint density at radius 2 is 1.84 bits per heavy atom. The summed E-state index contributed by atoms with van der Waals surface area (Å²) < 4.78 is 16.7. The molecule has 1 saturated heterocycles. The number of nitrogens with two attached hydrogens (primary N) is 2. The minimum Gasteiger partial charge on any atom is -0.364 e. The number of carbonyl (C=O) groups excluding carboxylic acids is 2. The molecule has 0 spiro atoms. The van der Waals surface area contributed by atoms with Gasteiger partial charge in [0, 0.05) is 43.2 Å². The highest BCUT2D eigenvalue weighted by atomic mass is 19.1. The fourth-order valence-electron chi connectivity index (χ4n) is 4.39. The summed E-state index contributed by atoms with van der Waals surface area (Å²) in [6.07, 6.45) is 6.19. The molecule has 0 aliphatic carbocycles. The quantitative estimate of drug-likeness (QED) is 0.497. The molecule has 4 N–H and O–H groups in total. The van der Waals surface area contributed by atoms with Crippen molar-refractivity contribution in [2.75, 3.05) is 18.0 Å². The van der Waals surface area contributed by atoms with Crippen LogP contribution in [0.25, 0.3) is 11.2 Å².